The van der Waals surface area contributed by atoms with Gasteiger partial charge < -0.3 is 15.0 Å². The number of methoxy groups -OCH3 is 1. The number of ether oxygens (including phenoxy) is 1. The summed E-state index contributed by atoms with van der Waals surface area (Å²) in [6.07, 6.45) is 1.11. The molecule has 0 saturated heterocycles. The van der Waals surface area contributed by atoms with E-state index in [0.717, 1.165) is 6.26 Å². The van der Waals surface area contributed by atoms with Crippen molar-refractivity contribution in [2.45, 2.75) is 12.2 Å². The van der Waals surface area contributed by atoms with Crippen LogP contribution in [0.25, 0.3) is 11.5 Å². The van der Waals surface area contributed by atoms with Crippen LogP contribution in [0.5, 0.6) is 5.75 Å². The zero-order valence-electron chi connectivity index (χ0n) is 11.6. The smallest absolute Gasteiger partial charge is 0.261 e. The lowest BCUT2D eigenvalue weighted by molar-refractivity contribution is 0.402. The summed E-state index contributed by atoms with van der Waals surface area (Å²) in [6.45, 7) is 1.48. The molecule has 0 aliphatic rings. The minimum atomic E-state index is -3.32. The predicted molar refractivity (Wildman–Crippen MR) is 79.0 cm³/mol. The van der Waals surface area contributed by atoms with Gasteiger partial charge in [0.2, 0.25) is 0 Å². The van der Waals surface area contributed by atoms with E-state index in [0.29, 0.717) is 22.0 Å². The van der Waals surface area contributed by atoms with Crippen molar-refractivity contribution in [3.05, 3.63) is 23.0 Å². The van der Waals surface area contributed by atoms with E-state index in [2.05, 4.69) is 10.1 Å². The van der Waals surface area contributed by atoms with E-state index in [9.17, 15) is 8.42 Å². The molecule has 0 amide bonds. The minimum absolute atomic E-state index is 0.0718. The Kier molecular flexibility index (Phi) is 4.11. The molecule has 1 aromatic carbocycles. The summed E-state index contributed by atoms with van der Waals surface area (Å²) in [7, 11) is -1.86. The van der Waals surface area contributed by atoms with E-state index in [1.54, 1.807) is 0 Å². The van der Waals surface area contributed by atoms with Crippen LogP contribution < -0.4 is 10.5 Å². The third-order valence-electron chi connectivity index (χ3n) is 3.00. The molecule has 21 heavy (non-hydrogen) atoms. The van der Waals surface area contributed by atoms with E-state index in [4.69, 9.17) is 26.6 Å². The van der Waals surface area contributed by atoms with Crippen LogP contribution in [0.3, 0.4) is 0 Å². The van der Waals surface area contributed by atoms with Crippen molar-refractivity contribution in [2.24, 2.45) is 0 Å². The van der Waals surface area contributed by atoms with Crippen molar-refractivity contribution < 1.29 is 17.7 Å². The molecular weight excluding hydrogens is 318 g/mol. The lowest BCUT2D eigenvalue weighted by Gasteiger charge is -2.07. The van der Waals surface area contributed by atoms with Crippen LogP contribution in [-0.2, 0) is 9.84 Å². The molecule has 0 bridgehead atoms. The summed E-state index contributed by atoms with van der Waals surface area (Å²) in [4.78, 5) is 4.09. The normalized spacial score (nSPS) is 13.1. The SMILES string of the molecule is COc1cc(N)c(Cl)cc1-c1nc(C(C)S(C)(=O)=O)no1. The third kappa shape index (κ3) is 3.11. The topological polar surface area (TPSA) is 108 Å². The fourth-order valence-electron chi connectivity index (χ4n) is 1.61. The Morgan fingerprint density at radius 2 is 2.10 bits per heavy atom. The first-order valence-corrected chi connectivity index (χ1v) is 8.23. The molecule has 1 unspecified atom stereocenters. The van der Waals surface area contributed by atoms with Gasteiger partial charge in [0.15, 0.2) is 15.7 Å². The van der Waals surface area contributed by atoms with Gasteiger partial charge in [-0.25, -0.2) is 8.42 Å². The van der Waals surface area contributed by atoms with Gasteiger partial charge in [-0.1, -0.05) is 16.8 Å². The molecule has 1 atom stereocenters. The van der Waals surface area contributed by atoms with Gasteiger partial charge >= 0.3 is 0 Å². The molecule has 0 aliphatic heterocycles. The molecule has 1 aromatic heterocycles. The molecule has 1 heterocycles. The molecular formula is C12H14ClN3O4S. The molecule has 0 radical (unpaired) electrons. The number of sulfone groups is 1. The average Bonchev–Trinajstić information content (AvgIpc) is 2.88. The Morgan fingerprint density at radius 3 is 2.67 bits per heavy atom. The van der Waals surface area contributed by atoms with Crippen molar-refractivity contribution in [3.63, 3.8) is 0 Å². The molecule has 114 valence electrons. The van der Waals surface area contributed by atoms with E-state index in [1.807, 2.05) is 0 Å². The largest absolute Gasteiger partial charge is 0.496 e. The number of anilines is 1. The van der Waals surface area contributed by atoms with Gasteiger partial charge in [-0.15, -0.1) is 0 Å². The molecule has 7 nitrogen and oxygen atoms in total. The highest BCUT2D eigenvalue weighted by atomic mass is 35.5. The van der Waals surface area contributed by atoms with Gasteiger partial charge in [-0.3, -0.25) is 0 Å². The van der Waals surface area contributed by atoms with Crippen LogP contribution in [0.1, 0.15) is 18.0 Å². The molecule has 0 fully saturated rings. The van der Waals surface area contributed by atoms with Crippen molar-refractivity contribution in [3.8, 4) is 17.2 Å². The Labute approximate surface area is 127 Å². The number of hydrogen-bond donors (Lipinski definition) is 1. The van der Waals surface area contributed by atoms with Gasteiger partial charge in [0.1, 0.15) is 11.0 Å². The summed E-state index contributed by atoms with van der Waals surface area (Å²) < 4.78 is 33.3. The molecule has 2 aromatic rings. The standard InChI is InChI=1S/C12H14ClN3O4S/c1-6(21(3,17)18)11-15-12(20-16-11)7-4-8(13)9(14)5-10(7)19-2/h4-6H,14H2,1-3H3. The number of nitrogens with two attached hydrogens (primary N) is 1. The number of aromatic nitrogens is 2. The molecule has 0 spiro atoms. The number of halogens is 1. The third-order valence-corrected chi connectivity index (χ3v) is 4.82. The molecule has 0 saturated carbocycles. The summed E-state index contributed by atoms with van der Waals surface area (Å²) in [6, 6.07) is 3.06. The van der Waals surface area contributed by atoms with Crippen LogP contribution in [0, 0.1) is 0 Å². The lowest BCUT2D eigenvalue weighted by Crippen LogP contribution is -2.09. The summed E-state index contributed by atoms with van der Waals surface area (Å²) in [5, 5.41) is 3.13. The van der Waals surface area contributed by atoms with Crippen LogP contribution in [0.15, 0.2) is 16.7 Å². The van der Waals surface area contributed by atoms with Gasteiger partial charge in [0.05, 0.1) is 23.4 Å². The predicted octanol–water partition coefficient (Wildman–Crippen LogP) is 2.09. The number of rotatable bonds is 4. The maximum Gasteiger partial charge on any atom is 0.261 e. The average molecular weight is 332 g/mol. The van der Waals surface area contributed by atoms with E-state index < -0.39 is 15.1 Å². The van der Waals surface area contributed by atoms with Crippen molar-refractivity contribution in [1.29, 1.82) is 0 Å². The van der Waals surface area contributed by atoms with Gasteiger partial charge in [-0.2, -0.15) is 4.98 Å². The van der Waals surface area contributed by atoms with Crippen molar-refractivity contribution in [2.75, 3.05) is 19.1 Å². The highest BCUT2D eigenvalue weighted by Gasteiger charge is 2.24. The maximum atomic E-state index is 11.5. The maximum absolute atomic E-state index is 11.5. The van der Waals surface area contributed by atoms with E-state index in [1.165, 1.54) is 26.2 Å². The van der Waals surface area contributed by atoms with Crippen molar-refractivity contribution >= 4 is 27.1 Å². The first-order chi connectivity index (χ1) is 9.74. The number of nitrogens with zero attached hydrogens (tertiary/aromatic N) is 2. The summed E-state index contributed by atoms with van der Waals surface area (Å²) in [5.74, 6) is 0.584. The van der Waals surface area contributed by atoms with Gasteiger partial charge in [0, 0.05) is 12.3 Å². The van der Waals surface area contributed by atoms with Crippen LogP contribution in [0.4, 0.5) is 5.69 Å². The van der Waals surface area contributed by atoms with Gasteiger partial charge in [-0.05, 0) is 13.0 Å². The van der Waals surface area contributed by atoms with Crippen LogP contribution >= 0.6 is 11.6 Å². The highest BCUT2D eigenvalue weighted by Crippen LogP contribution is 2.35. The van der Waals surface area contributed by atoms with Crippen molar-refractivity contribution in [1.82, 2.24) is 10.1 Å². The molecule has 0 aliphatic carbocycles. The zero-order chi connectivity index (χ0) is 15.8. The first kappa shape index (κ1) is 15.6. The Bertz CT molecular complexity index is 773. The minimum Gasteiger partial charge on any atom is -0.496 e. The second-order valence-corrected chi connectivity index (χ2v) is 7.28. The lowest BCUT2D eigenvalue weighted by atomic mass is 10.2. The molecule has 9 heteroatoms. The number of nitrogen functional groups attached to an aromatic ring is 1. The zero-order valence-corrected chi connectivity index (χ0v) is 13.2. The van der Waals surface area contributed by atoms with Crippen LogP contribution in [-0.4, -0.2) is 31.9 Å². The fraction of sp³-hybridized carbons (Fsp3) is 0.333. The van der Waals surface area contributed by atoms with Gasteiger partial charge in [0.25, 0.3) is 5.89 Å². The molecule has 2 N–H and O–H groups in total. The summed E-state index contributed by atoms with van der Waals surface area (Å²) in [5.41, 5.74) is 6.49. The fourth-order valence-corrected chi connectivity index (χ4v) is 2.25. The highest BCUT2D eigenvalue weighted by molar-refractivity contribution is 7.90. The Hall–Kier alpha value is -1.80. The van der Waals surface area contributed by atoms with E-state index >= 15 is 0 Å². The van der Waals surface area contributed by atoms with E-state index in [-0.39, 0.29) is 11.7 Å². The second kappa shape index (κ2) is 5.53. The number of benzene rings is 1. The first-order valence-electron chi connectivity index (χ1n) is 5.90. The Balaban J connectivity index is 2.50. The quantitative estimate of drug-likeness (QED) is 0.854. The summed E-state index contributed by atoms with van der Waals surface area (Å²) >= 11 is 5.97. The Morgan fingerprint density at radius 1 is 1.43 bits per heavy atom. The second-order valence-electron chi connectivity index (χ2n) is 4.50. The number of hydrogen-bond acceptors (Lipinski definition) is 7. The molecule has 2 rings (SSSR count). The monoisotopic (exact) mass is 331 g/mol. The van der Waals surface area contributed by atoms with Crippen LogP contribution in [0.2, 0.25) is 5.02 Å².